The molecule has 0 unspecified atom stereocenters. The standard InChI is InChI=1S/C13H24N6O/c1-4-18(5-2)11-15-10(14)16-12(17-11)19-8-6-13(3,20)7-9-19/h20H,4-9H2,1-3H3,(H2,14,15,16,17). The number of piperidine rings is 1. The van der Waals surface area contributed by atoms with Crippen LogP contribution in [-0.2, 0) is 0 Å². The summed E-state index contributed by atoms with van der Waals surface area (Å²) in [6.07, 6.45) is 1.42. The van der Waals surface area contributed by atoms with E-state index in [1.165, 1.54) is 0 Å². The Morgan fingerprint density at radius 3 is 2.35 bits per heavy atom. The first-order valence-electron chi connectivity index (χ1n) is 7.19. The van der Waals surface area contributed by atoms with E-state index in [4.69, 9.17) is 5.73 Å². The molecule has 2 rings (SSSR count). The number of nitrogens with two attached hydrogens (primary N) is 1. The first-order chi connectivity index (χ1) is 9.45. The minimum atomic E-state index is -0.587. The van der Waals surface area contributed by atoms with Gasteiger partial charge in [0, 0.05) is 26.2 Å². The molecule has 20 heavy (non-hydrogen) atoms. The quantitative estimate of drug-likeness (QED) is 0.836. The van der Waals surface area contributed by atoms with E-state index in [1.54, 1.807) is 0 Å². The van der Waals surface area contributed by atoms with Crippen molar-refractivity contribution in [2.75, 3.05) is 41.7 Å². The number of anilines is 3. The summed E-state index contributed by atoms with van der Waals surface area (Å²) < 4.78 is 0. The van der Waals surface area contributed by atoms with Crippen molar-refractivity contribution in [3.05, 3.63) is 0 Å². The first-order valence-corrected chi connectivity index (χ1v) is 7.19. The zero-order valence-corrected chi connectivity index (χ0v) is 12.5. The number of aliphatic hydroxyl groups is 1. The molecule has 0 aromatic carbocycles. The smallest absolute Gasteiger partial charge is 0.231 e. The Morgan fingerprint density at radius 2 is 1.80 bits per heavy atom. The topological polar surface area (TPSA) is 91.4 Å². The molecule has 0 bridgehead atoms. The van der Waals surface area contributed by atoms with E-state index in [9.17, 15) is 5.11 Å². The van der Waals surface area contributed by atoms with Gasteiger partial charge in [-0.1, -0.05) is 0 Å². The van der Waals surface area contributed by atoms with Crippen LogP contribution >= 0.6 is 0 Å². The van der Waals surface area contributed by atoms with Gasteiger partial charge in [-0.05, 0) is 33.6 Å². The van der Waals surface area contributed by atoms with Crippen molar-refractivity contribution in [3.63, 3.8) is 0 Å². The normalized spacial score (nSPS) is 18.1. The van der Waals surface area contributed by atoms with E-state index in [2.05, 4.69) is 33.7 Å². The van der Waals surface area contributed by atoms with Crippen molar-refractivity contribution in [2.45, 2.75) is 39.2 Å². The molecule has 1 aromatic heterocycles. The highest BCUT2D eigenvalue weighted by Crippen LogP contribution is 2.24. The molecule has 7 heteroatoms. The Morgan fingerprint density at radius 1 is 1.20 bits per heavy atom. The fraction of sp³-hybridized carbons (Fsp3) is 0.769. The van der Waals surface area contributed by atoms with Crippen LogP contribution in [0.4, 0.5) is 17.8 Å². The molecule has 1 aliphatic rings. The summed E-state index contributed by atoms with van der Waals surface area (Å²) in [6, 6.07) is 0. The number of aromatic nitrogens is 3. The fourth-order valence-electron chi connectivity index (χ4n) is 2.35. The average molecular weight is 280 g/mol. The van der Waals surface area contributed by atoms with Gasteiger partial charge in [0.05, 0.1) is 5.60 Å². The van der Waals surface area contributed by atoms with E-state index >= 15 is 0 Å². The summed E-state index contributed by atoms with van der Waals surface area (Å²) in [5.41, 5.74) is 5.22. The number of rotatable bonds is 4. The average Bonchev–Trinajstić information content (AvgIpc) is 2.39. The van der Waals surface area contributed by atoms with Gasteiger partial charge in [-0.3, -0.25) is 0 Å². The molecule has 0 aliphatic carbocycles. The van der Waals surface area contributed by atoms with Gasteiger partial charge in [-0.15, -0.1) is 0 Å². The van der Waals surface area contributed by atoms with E-state index in [0.29, 0.717) is 24.7 Å². The van der Waals surface area contributed by atoms with Crippen molar-refractivity contribution in [1.29, 1.82) is 0 Å². The number of nitrogen functional groups attached to an aromatic ring is 1. The Bertz CT molecular complexity index is 450. The summed E-state index contributed by atoms with van der Waals surface area (Å²) in [5.74, 6) is 1.47. The van der Waals surface area contributed by atoms with Gasteiger partial charge in [0.2, 0.25) is 17.8 Å². The molecule has 7 nitrogen and oxygen atoms in total. The third-order valence-corrected chi connectivity index (χ3v) is 3.80. The minimum Gasteiger partial charge on any atom is -0.390 e. The Labute approximate surface area is 119 Å². The summed E-state index contributed by atoms with van der Waals surface area (Å²) in [4.78, 5) is 17.1. The van der Waals surface area contributed by atoms with Crippen molar-refractivity contribution in [1.82, 2.24) is 15.0 Å². The molecule has 0 radical (unpaired) electrons. The van der Waals surface area contributed by atoms with Gasteiger partial charge in [-0.2, -0.15) is 15.0 Å². The largest absolute Gasteiger partial charge is 0.390 e. The molecule has 0 atom stereocenters. The lowest BCUT2D eigenvalue weighted by molar-refractivity contribution is 0.0349. The third-order valence-electron chi connectivity index (χ3n) is 3.80. The highest BCUT2D eigenvalue weighted by atomic mass is 16.3. The molecule has 1 aromatic rings. The number of hydrogen-bond acceptors (Lipinski definition) is 7. The molecular formula is C13H24N6O. The third kappa shape index (κ3) is 3.27. The van der Waals surface area contributed by atoms with Crippen LogP contribution in [0.15, 0.2) is 0 Å². The highest BCUT2D eigenvalue weighted by Gasteiger charge is 2.29. The lowest BCUT2D eigenvalue weighted by Crippen LogP contribution is -2.43. The molecule has 1 aliphatic heterocycles. The maximum atomic E-state index is 10.00. The van der Waals surface area contributed by atoms with Crippen LogP contribution < -0.4 is 15.5 Å². The summed E-state index contributed by atoms with van der Waals surface area (Å²) in [7, 11) is 0. The van der Waals surface area contributed by atoms with Crippen molar-refractivity contribution < 1.29 is 5.11 Å². The van der Waals surface area contributed by atoms with Crippen molar-refractivity contribution >= 4 is 17.8 Å². The molecule has 112 valence electrons. The van der Waals surface area contributed by atoms with Gasteiger partial charge >= 0.3 is 0 Å². The van der Waals surface area contributed by atoms with Gasteiger partial charge in [0.1, 0.15) is 0 Å². The number of hydrogen-bond donors (Lipinski definition) is 2. The molecule has 0 spiro atoms. The zero-order chi connectivity index (χ0) is 14.8. The van der Waals surface area contributed by atoms with Crippen LogP contribution in [0.25, 0.3) is 0 Å². The number of nitrogens with zero attached hydrogens (tertiary/aromatic N) is 5. The highest BCUT2D eigenvalue weighted by molar-refractivity contribution is 5.43. The van der Waals surface area contributed by atoms with E-state index in [0.717, 1.165) is 26.2 Å². The molecule has 1 saturated heterocycles. The van der Waals surface area contributed by atoms with E-state index in [1.807, 2.05) is 11.8 Å². The van der Waals surface area contributed by atoms with Crippen LogP contribution in [0.5, 0.6) is 0 Å². The minimum absolute atomic E-state index is 0.245. The Kier molecular flexibility index (Phi) is 4.27. The zero-order valence-electron chi connectivity index (χ0n) is 12.5. The molecule has 1 fully saturated rings. The second kappa shape index (κ2) is 5.78. The van der Waals surface area contributed by atoms with Gasteiger partial charge in [0.25, 0.3) is 0 Å². The summed E-state index contributed by atoms with van der Waals surface area (Å²) >= 11 is 0. The van der Waals surface area contributed by atoms with Crippen LogP contribution in [0.1, 0.15) is 33.6 Å². The fourth-order valence-corrected chi connectivity index (χ4v) is 2.35. The summed E-state index contributed by atoms with van der Waals surface area (Å²) in [6.45, 7) is 9.10. The first kappa shape index (κ1) is 14.8. The van der Waals surface area contributed by atoms with Crippen LogP contribution in [0, 0.1) is 0 Å². The predicted octanol–water partition coefficient (Wildman–Crippen LogP) is 0.651. The van der Waals surface area contributed by atoms with Crippen LogP contribution in [0.3, 0.4) is 0 Å². The molecule has 3 N–H and O–H groups in total. The lowest BCUT2D eigenvalue weighted by Gasteiger charge is -2.36. The lowest BCUT2D eigenvalue weighted by atomic mass is 9.94. The molecule has 0 saturated carbocycles. The Balaban J connectivity index is 2.20. The van der Waals surface area contributed by atoms with Crippen LogP contribution in [0.2, 0.25) is 0 Å². The van der Waals surface area contributed by atoms with Crippen molar-refractivity contribution in [2.24, 2.45) is 0 Å². The molecular weight excluding hydrogens is 256 g/mol. The molecule has 0 amide bonds. The second-order valence-electron chi connectivity index (χ2n) is 5.45. The van der Waals surface area contributed by atoms with Crippen LogP contribution in [-0.4, -0.2) is 51.8 Å². The SMILES string of the molecule is CCN(CC)c1nc(N)nc(N2CCC(C)(O)CC2)n1. The maximum Gasteiger partial charge on any atom is 0.231 e. The van der Waals surface area contributed by atoms with Gasteiger partial charge in [0.15, 0.2) is 0 Å². The maximum absolute atomic E-state index is 10.00. The molecule has 2 heterocycles. The predicted molar refractivity (Wildman–Crippen MR) is 79.9 cm³/mol. The van der Waals surface area contributed by atoms with E-state index < -0.39 is 5.60 Å². The van der Waals surface area contributed by atoms with E-state index in [-0.39, 0.29) is 5.95 Å². The van der Waals surface area contributed by atoms with Crippen molar-refractivity contribution in [3.8, 4) is 0 Å². The second-order valence-corrected chi connectivity index (χ2v) is 5.45. The summed E-state index contributed by atoms with van der Waals surface area (Å²) in [5, 5.41) is 10.00. The Hall–Kier alpha value is -1.63. The van der Waals surface area contributed by atoms with Gasteiger partial charge < -0.3 is 20.6 Å². The van der Waals surface area contributed by atoms with Gasteiger partial charge in [-0.25, -0.2) is 0 Å². The monoisotopic (exact) mass is 280 g/mol.